The molecule has 0 aromatic carbocycles. The Labute approximate surface area is 142 Å². The van der Waals surface area contributed by atoms with Crippen LogP contribution in [-0.2, 0) is 0 Å². The predicted octanol–water partition coefficient (Wildman–Crippen LogP) is 1.43. The van der Waals surface area contributed by atoms with Gasteiger partial charge in [-0.2, -0.15) is 14.6 Å². The molecule has 3 aromatic rings. The molecule has 0 bridgehead atoms. The van der Waals surface area contributed by atoms with Crippen LogP contribution in [0.3, 0.4) is 0 Å². The first-order chi connectivity index (χ1) is 12.1. The second-order valence-electron chi connectivity index (χ2n) is 5.96. The molecule has 0 saturated carbocycles. The molecule has 0 aliphatic carbocycles. The van der Waals surface area contributed by atoms with Crippen LogP contribution in [0.25, 0.3) is 5.78 Å². The molecule has 10 nitrogen and oxygen atoms in total. The summed E-state index contributed by atoms with van der Waals surface area (Å²) in [4.78, 5) is 25.1. The van der Waals surface area contributed by atoms with Gasteiger partial charge in [0.1, 0.15) is 24.2 Å². The van der Waals surface area contributed by atoms with Gasteiger partial charge in [-0.15, -0.1) is 0 Å². The highest BCUT2D eigenvalue weighted by Crippen LogP contribution is 2.23. The average Bonchev–Trinajstić information content (AvgIpc) is 3.23. The molecule has 4 rings (SSSR count). The first-order valence-electron chi connectivity index (χ1n) is 7.89. The van der Waals surface area contributed by atoms with Gasteiger partial charge in [-0.25, -0.2) is 9.97 Å². The third kappa shape index (κ3) is 2.93. The Kier molecular flexibility index (Phi) is 3.64. The lowest BCUT2D eigenvalue weighted by Gasteiger charge is -2.20. The Morgan fingerprint density at radius 2 is 2.24 bits per heavy atom. The van der Waals surface area contributed by atoms with Crippen LogP contribution in [0.5, 0.6) is 0 Å². The van der Waals surface area contributed by atoms with E-state index in [1.165, 1.54) is 18.6 Å². The number of pyridine rings is 1. The van der Waals surface area contributed by atoms with Gasteiger partial charge in [0.05, 0.1) is 4.92 Å². The smallest absolute Gasteiger partial charge is 0.287 e. The van der Waals surface area contributed by atoms with Crippen molar-refractivity contribution in [1.82, 2.24) is 24.6 Å². The van der Waals surface area contributed by atoms with Gasteiger partial charge in [0, 0.05) is 37.0 Å². The van der Waals surface area contributed by atoms with Crippen molar-refractivity contribution in [2.45, 2.75) is 19.4 Å². The number of nitrogens with one attached hydrogen (secondary N) is 1. The summed E-state index contributed by atoms with van der Waals surface area (Å²) in [5.74, 6) is 2.18. The van der Waals surface area contributed by atoms with Crippen LogP contribution < -0.4 is 10.2 Å². The van der Waals surface area contributed by atoms with Crippen LogP contribution in [0.15, 0.2) is 30.7 Å². The molecule has 1 N–H and O–H groups in total. The van der Waals surface area contributed by atoms with Gasteiger partial charge < -0.3 is 10.2 Å². The third-order valence-electron chi connectivity index (χ3n) is 4.18. The quantitative estimate of drug-likeness (QED) is 0.560. The van der Waals surface area contributed by atoms with Crippen molar-refractivity contribution in [3.8, 4) is 0 Å². The van der Waals surface area contributed by atoms with Crippen LogP contribution in [0, 0.1) is 17.0 Å². The zero-order valence-electron chi connectivity index (χ0n) is 13.5. The SMILES string of the molecule is Cc1cc(N2CC[C@H](Nc3ccc([N+](=O)[O-])cn3)C2)n2ncnc2n1. The Hall–Kier alpha value is -3.30. The van der Waals surface area contributed by atoms with Crippen molar-refractivity contribution in [3.05, 3.63) is 46.5 Å². The minimum atomic E-state index is -0.455. The summed E-state index contributed by atoms with van der Waals surface area (Å²) in [7, 11) is 0. The fraction of sp³-hybridized carbons (Fsp3) is 0.333. The molecule has 1 aliphatic rings. The maximum Gasteiger partial charge on any atom is 0.287 e. The molecule has 0 unspecified atom stereocenters. The van der Waals surface area contributed by atoms with E-state index >= 15 is 0 Å². The standard InChI is InChI=1S/C15H16N8O2/c1-10-6-14(22-15(19-10)17-9-18-22)21-5-4-11(8-21)20-13-3-2-12(7-16-13)23(24)25/h2-3,6-7,9,11H,4-5,8H2,1H3,(H,16,20)/t11-/m0/s1. The molecule has 1 fully saturated rings. The highest BCUT2D eigenvalue weighted by Gasteiger charge is 2.25. The van der Waals surface area contributed by atoms with Gasteiger partial charge in [-0.05, 0) is 19.4 Å². The lowest BCUT2D eigenvalue weighted by atomic mass is 10.2. The van der Waals surface area contributed by atoms with Gasteiger partial charge in [0.25, 0.3) is 11.5 Å². The molecule has 1 aliphatic heterocycles. The molecule has 10 heteroatoms. The zero-order valence-corrected chi connectivity index (χ0v) is 13.5. The average molecular weight is 340 g/mol. The Morgan fingerprint density at radius 3 is 3.00 bits per heavy atom. The summed E-state index contributed by atoms with van der Waals surface area (Å²) in [6, 6.07) is 5.27. The maximum atomic E-state index is 10.7. The van der Waals surface area contributed by atoms with Crippen LogP contribution >= 0.6 is 0 Å². The molecule has 4 heterocycles. The number of anilines is 2. The fourth-order valence-electron chi connectivity index (χ4n) is 3.01. The first-order valence-corrected chi connectivity index (χ1v) is 7.89. The van der Waals surface area contributed by atoms with E-state index in [1.54, 1.807) is 10.6 Å². The third-order valence-corrected chi connectivity index (χ3v) is 4.18. The van der Waals surface area contributed by atoms with Crippen LogP contribution in [-0.4, -0.2) is 48.6 Å². The van der Waals surface area contributed by atoms with Gasteiger partial charge in [-0.1, -0.05) is 0 Å². The predicted molar refractivity (Wildman–Crippen MR) is 90.7 cm³/mol. The van der Waals surface area contributed by atoms with Crippen molar-refractivity contribution in [1.29, 1.82) is 0 Å². The zero-order chi connectivity index (χ0) is 17.4. The van der Waals surface area contributed by atoms with E-state index in [4.69, 9.17) is 0 Å². The molecule has 0 amide bonds. The number of aryl methyl sites for hydroxylation is 1. The monoisotopic (exact) mass is 340 g/mol. The molecule has 3 aromatic heterocycles. The van der Waals surface area contributed by atoms with Crippen LogP contribution in [0.4, 0.5) is 17.3 Å². The Morgan fingerprint density at radius 1 is 1.36 bits per heavy atom. The van der Waals surface area contributed by atoms with Crippen molar-refractivity contribution < 1.29 is 4.92 Å². The maximum absolute atomic E-state index is 10.7. The van der Waals surface area contributed by atoms with Crippen LogP contribution in [0.2, 0.25) is 0 Å². The molecule has 0 spiro atoms. The number of aromatic nitrogens is 5. The van der Waals surface area contributed by atoms with Crippen molar-refractivity contribution in [2.24, 2.45) is 0 Å². The second-order valence-corrected chi connectivity index (χ2v) is 5.96. The van der Waals surface area contributed by atoms with E-state index in [2.05, 4.69) is 30.3 Å². The molecular formula is C15H16N8O2. The summed E-state index contributed by atoms with van der Waals surface area (Å²) in [5.41, 5.74) is 0.878. The number of hydrogen-bond acceptors (Lipinski definition) is 8. The summed E-state index contributed by atoms with van der Waals surface area (Å²) in [5, 5.41) is 18.3. The summed E-state index contributed by atoms with van der Waals surface area (Å²) >= 11 is 0. The minimum absolute atomic E-state index is 0.0144. The van der Waals surface area contributed by atoms with E-state index in [0.717, 1.165) is 31.0 Å². The molecule has 1 saturated heterocycles. The van der Waals surface area contributed by atoms with E-state index in [-0.39, 0.29) is 11.7 Å². The molecular weight excluding hydrogens is 324 g/mol. The summed E-state index contributed by atoms with van der Waals surface area (Å²) in [6.07, 6.45) is 3.69. The van der Waals surface area contributed by atoms with Crippen molar-refractivity contribution in [2.75, 3.05) is 23.3 Å². The van der Waals surface area contributed by atoms with E-state index in [0.29, 0.717) is 11.6 Å². The highest BCUT2D eigenvalue weighted by atomic mass is 16.6. The van der Waals surface area contributed by atoms with Crippen molar-refractivity contribution in [3.63, 3.8) is 0 Å². The van der Waals surface area contributed by atoms with Crippen molar-refractivity contribution >= 4 is 23.1 Å². The molecule has 1 atom stereocenters. The topological polar surface area (TPSA) is 114 Å². The molecule has 0 radical (unpaired) electrons. The van der Waals surface area contributed by atoms with E-state index < -0.39 is 4.92 Å². The van der Waals surface area contributed by atoms with E-state index in [1.807, 2.05) is 13.0 Å². The first kappa shape index (κ1) is 15.2. The lowest BCUT2D eigenvalue weighted by molar-refractivity contribution is -0.385. The fourth-order valence-corrected chi connectivity index (χ4v) is 3.01. The number of nitro groups is 1. The molecule has 25 heavy (non-hydrogen) atoms. The second kappa shape index (κ2) is 5.96. The Bertz CT molecular complexity index is 923. The Balaban J connectivity index is 1.49. The number of fused-ring (bicyclic) bond motifs is 1. The lowest BCUT2D eigenvalue weighted by Crippen LogP contribution is -2.28. The largest absolute Gasteiger partial charge is 0.365 e. The van der Waals surface area contributed by atoms with Gasteiger partial charge in [0.2, 0.25) is 0 Å². The van der Waals surface area contributed by atoms with Crippen LogP contribution in [0.1, 0.15) is 12.1 Å². The van der Waals surface area contributed by atoms with Gasteiger partial charge in [-0.3, -0.25) is 10.1 Å². The summed E-state index contributed by atoms with van der Waals surface area (Å²) < 4.78 is 1.74. The van der Waals surface area contributed by atoms with E-state index in [9.17, 15) is 10.1 Å². The summed E-state index contributed by atoms with van der Waals surface area (Å²) in [6.45, 7) is 3.57. The number of hydrogen-bond donors (Lipinski definition) is 1. The molecule has 128 valence electrons. The number of rotatable bonds is 4. The van der Waals surface area contributed by atoms with Gasteiger partial charge >= 0.3 is 0 Å². The van der Waals surface area contributed by atoms with Gasteiger partial charge in [0.15, 0.2) is 0 Å². The minimum Gasteiger partial charge on any atom is -0.365 e. The number of nitrogens with zero attached hydrogens (tertiary/aromatic N) is 7. The highest BCUT2D eigenvalue weighted by molar-refractivity contribution is 5.49. The normalized spacial score (nSPS) is 17.2.